The highest BCUT2D eigenvalue weighted by molar-refractivity contribution is 6.23. The van der Waals surface area contributed by atoms with Gasteiger partial charge in [-0.25, -0.2) is 0 Å². The number of benzene rings is 1. The van der Waals surface area contributed by atoms with Crippen molar-refractivity contribution in [3.8, 4) is 0 Å². The number of hydrogen-bond donors (Lipinski definition) is 1. The highest BCUT2D eigenvalue weighted by Crippen LogP contribution is 2.38. The zero-order chi connectivity index (χ0) is 14.3. The van der Waals surface area contributed by atoms with Gasteiger partial charge < -0.3 is 5.73 Å². The maximum absolute atomic E-state index is 12.5. The summed E-state index contributed by atoms with van der Waals surface area (Å²) in [5, 5.41) is 0. The zero-order valence-electron chi connectivity index (χ0n) is 11.1. The number of nitrogens with zero attached hydrogens (tertiary/aromatic N) is 1. The third kappa shape index (κ3) is 1.59. The van der Waals surface area contributed by atoms with Gasteiger partial charge in [0.2, 0.25) is 5.91 Å². The maximum Gasteiger partial charge on any atom is 0.262 e. The highest BCUT2D eigenvalue weighted by Gasteiger charge is 2.52. The van der Waals surface area contributed by atoms with Crippen molar-refractivity contribution in [1.82, 2.24) is 4.90 Å². The average Bonchev–Trinajstić information content (AvgIpc) is 2.72. The lowest BCUT2D eigenvalue weighted by molar-refractivity contribution is -0.129. The lowest BCUT2D eigenvalue weighted by Crippen LogP contribution is -2.60. The van der Waals surface area contributed by atoms with Gasteiger partial charge in [0.25, 0.3) is 11.8 Å². The SMILES string of the molecule is NC(=O)C1(N2C(=O)c3ccccc3C2=O)CCCCC1. The Balaban J connectivity index is 2.08. The summed E-state index contributed by atoms with van der Waals surface area (Å²) >= 11 is 0. The molecule has 3 amide bonds. The Hall–Kier alpha value is -2.17. The second-order valence-electron chi connectivity index (χ2n) is 5.45. The van der Waals surface area contributed by atoms with Crippen LogP contribution < -0.4 is 5.73 Å². The second kappa shape index (κ2) is 4.44. The average molecular weight is 272 g/mol. The van der Waals surface area contributed by atoms with Gasteiger partial charge in [-0.1, -0.05) is 31.4 Å². The summed E-state index contributed by atoms with van der Waals surface area (Å²) in [6, 6.07) is 6.66. The molecule has 1 aromatic carbocycles. The molecule has 2 aliphatic rings. The van der Waals surface area contributed by atoms with Crippen molar-refractivity contribution < 1.29 is 14.4 Å². The molecule has 1 aromatic rings. The van der Waals surface area contributed by atoms with Gasteiger partial charge in [0.15, 0.2) is 0 Å². The van der Waals surface area contributed by atoms with Crippen LogP contribution in [0.4, 0.5) is 0 Å². The minimum absolute atomic E-state index is 0.365. The Labute approximate surface area is 116 Å². The molecule has 104 valence electrons. The summed E-state index contributed by atoms with van der Waals surface area (Å²) in [7, 11) is 0. The maximum atomic E-state index is 12.5. The Morgan fingerprint density at radius 2 is 1.50 bits per heavy atom. The molecular formula is C15H16N2O3. The van der Waals surface area contributed by atoms with Gasteiger partial charge in [-0.15, -0.1) is 0 Å². The lowest BCUT2D eigenvalue weighted by atomic mass is 9.79. The Morgan fingerprint density at radius 3 is 1.95 bits per heavy atom. The molecule has 1 fully saturated rings. The number of carbonyl (C=O) groups excluding carboxylic acids is 3. The van der Waals surface area contributed by atoms with Crippen molar-refractivity contribution in [3.63, 3.8) is 0 Å². The molecule has 0 saturated heterocycles. The van der Waals surface area contributed by atoms with E-state index in [0.717, 1.165) is 24.2 Å². The van der Waals surface area contributed by atoms with Crippen LogP contribution in [0.5, 0.6) is 0 Å². The molecule has 0 radical (unpaired) electrons. The predicted molar refractivity (Wildman–Crippen MR) is 72.0 cm³/mol. The lowest BCUT2D eigenvalue weighted by Gasteiger charge is -2.40. The fourth-order valence-electron chi connectivity index (χ4n) is 3.29. The quantitative estimate of drug-likeness (QED) is 0.828. The van der Waals surface area contributed by atoms with Crippen LogP contribution in [-0.2, 0) is 4.79 Å². The molecule has 3 rings (SSSR count). The largest absolute Gasteiger partial charge is 0.368 e. The molecule has 0 atom stereocenters. The smallest absolute Gasteiger partial charge is 0.262 e. The Morgan fingerprint density at radius 1 is 1.00 bits per heavy atom. The fourth-order valence-corrected chi connectivity index (χ4v) is 3.29. The van der Waals surface area contributed by atoms with Gasteiger partial charge >= 0.3 is 0 Å². The van der Waals surface area contributed by atoms with Crippen molar-refractivity contribution in [2.24, 2.45) is 5.73 Å². The number of fused-ring (bicyclic) bond motifs is 1. The van der Waals surface area contributed by atoms with E-state index in [1.807, 2.05) is 0 Å². The van der Waals surface area contributed by atoms with E-state index in [1.54, 1.807) is 24.3 Å². The second-order valence-corrected chi connectivity index (χ2v) is 5.45. The van der Waals surface area contributed by atoms with Crippen molar-refractivity contribution in [2.75, 3.05) is 0 Å². The first-order chi connectivity index (χ1) is 9.58. The van der Waals surface area contributed by atoms with Crippen molar-refractivity contribution in [3.05, 3.63) is 35.4 Å². The minimum Gasteiger partial charge on any atom is -0.368 e. The number of carbonyl (C=O) groups is 3. The summed E-state index contributed by atoms with van der Waals surface area (Å²) < 4.78 is 0. The molecule has 2 N–H and O–H groups in total. The van der Waals surface area contributed by atoms with Crippen LogP contribution in [0.25, 0.3) is 0 Å². The molecule has 20 heavy (non-hydrogen) atoms. The van der Waals surface area contributed by atoms with Crippen LogP contribution in [0.3, 0.4) is 0 Å². The van der Waals surface area contributed by atoms with E-state index in [1.165, 1.54) is 0 Å². The van der Waals surface area contributed by atoms with Gasteiger partial charge in [-0.3, -0.25) is 19.3 Å². The molecule has 0 unspecified atom stereocenters. The molecule has 1 aliphatic heterocycles. The molecule has 1 heterocycles. The number of hydrogen-bond acceptors (Lipinski definition) is 3. The van der Waals surface area contributed by atoms with Gasteiger partial charge in [-0.05, 0) is 25.0 Å². The third-order valence-corrected chi connectivity index (χ3v) is 4.36. The number of rotatable bonds is 2. The minimum atomic E-state index is -1.15. The molecule has 5 nitrogen and oxygen atoms in total. The number of nitrogens with two attached hydrogens (primary N) is 1. The van der Waals surface area contributed by atoms with E-state index in [4.69, 9.17) is 5.73 Å². The van der Waals surface area contributed by atoms with Crippen molar-refractivity contribution >= 4 is 17.7 Å². The molecule has 0 bridgehead atoms. The Kier molecular flexibility index (Phi) is 2.85. The normalized spacial score (nSPS) is 20.9. The molecule has 0 spiro atoms. The van der Waals surface area contributed by atoms with Crippen LogP contribution >= 0.6 is 0 Å². The van der Waals surface area contributed by atoms with Crippen LogP contribution in [-0.4, -0.2) is 28.2 Å². The Bertz CT molecular complexity index is 568. The number of imide groups is 1. The molecule has 1 saturated carbocycles. The summed E-state index contributed by atoms with van der Waals surface area (Å²) in [5.74, 6) is -1.37. The third-order valence-electron chi connectivity index (χ3n) is 4.36. The molecule has 1 aliphatic carbocycles. The fraction of sp³-hybridized carbons (Fsp3) is 0.400. The summed E-state index contributed by atoms with van der Waals surface area (Å²) in [5.41, 5.74) is 5.14. The molecular weight excluding hydrogens is 256 g/mol. The monoisotopic (exact) mass is 272 g/mol. The van der Waals surface area contributed by atoms with Gasteiger partial charge in [-0.2, -0.15) is 0 Å². The molecule has 5 heteroatoms. The summed E-state index contributed by atoms with van der Waals surface area (Å²) in [6.45, 7) is 0. The van der Waals surface area contributed by atoms with E-state index in [-0.39, 0.29) is 0 Å². The predicted octanol–water partition coefficient (Wildman–Crippen LogP) is 1.47. The van der Waals surface area contributed by atoms with Crippen LogP contribution in [0.1, 0.15) is 52.8 Å². The first kappa shape index (κ1) is 12.8. The first-order valence-electron chi connectivity index (χ1n) is 6.86. The number of amides is 3. The van der Waals surface area contributed by atoms with E-state index >= 15 is 0 Å². The van der Waals surface area contributed by atoms with Crippen LogP contribution in [0, 0.1) is 0 Å². The summed E-state index contributed by atoms with van der Waals surface area (Å²) in [6.07, 6.45) is 3.53. The van der Waals surface area contributed by atoms with Crippen LogP contribution in [0.2, 0.25) is 0 Å². The van der Waals surface area contributed by atoms with Crippen molar-refractivity contribution in [1.29, 1.82) is 0 Å². The van der Waals surface area contributed by atoms with E-state index < -0.39 is 23.3 Å². The highest BCUT2D eigenvalue weighted by atomic mass is 16.2. The standard InChI is InChI=1S/C15H16N2O3/c16-14(20)15(8-4-1-5-9-15)17-12(18)10-6-2-3-7-11(10)13(17)19/h2-3,6-7H,1,4-5,8-9H2,(H2,16,20). The van der Waals surface area contributed by atoms with E-state index in [0.29, 0.717) is 24.0 Å². The van der Waals surface area contributed by atoms with E-state index in [9.17, 15) is 14.4 Å². The van der Waals surface area contributed by atoms with Gasteiger partial charge in [0.05, 0.1) is 11.1 Å². The first-order valence-corrected chi connectivity index (χ1v) is 6.86. The summed E-state index contributed by atoms with van der Waals surface area (Å²) in [4.78, 5) is 38.1. The van der Waals surface area contributed by atoms with Gasteiger partial charge in [0, 0.05) is 0 Å². The van der Waals surface area contributed by atoms with Crippen LogP contribution in [0.15, 0.2) is 24.3 Å². The number of primary amides is 1. The molecule has 0 aromatic heterocycles. The van der Waals surface area contributed by atoms with Crippen molar-refractivity contribution in [2.45, 2.75) is 37.6 Å². The topological polar surface area (TPSA) is 80.5 Å². The zero-order valence-corrected chi connectivity index (χ0v) is 11.1. The van der Waals surface area contributed by atoms with Gasteiger partial charge in [0.1, 0.15) is 5.54 Å². The van der Waals surface area contributed by atoms with E-state index in [2.05, 4.69) is 0 Å².